The maximum atomic E-state index is 6.65. The molecule has 0 radical (unpaired) electrons. The largest absolute Gasteiger partial charge is 0.455 e. The number of benzene rings is 9. The zero-order chi connectivity index (χ0) is 41.9. The van der Waals surface area contributed by atoms with Crippen LogP contribution in [0.4, 0.5) is 11.4 Å². The van der Waals surface area contributed by atoms with Crippen molar-refractivity contribution in [3.05, 3.63) is 205 Å². The molecule has 61 heavy (non-hydrogen) atoms. The Morgan fingerprint density at radius 2 is 1.00 bits per heavy atom. The number of para-hydroxylation sites is 3. The Labute approximate surface area is 359 Å². The average molecular weight is 790 g/mol. The lowest BCUT2D eigenvalue weighted by molar-refractivity contribution is 0.569. The van der Waals surface area contributed by atoms with E-state index < -0.39 is 0 Å². The van der Waals surface area contributed by atoms with Gasteiger partial charge in [-0.3, -0.25) is 0 Å². The second-order valence-corrected chi connectivity index (χ2v) is 18.6. The molecule has 0 aliphatic carbocycles. The Balaban J connectivity index is 1.17. The molecular weight excluding hydrogens is 739 g/mol. The molecule has 1 aromatic heterocycles. The average Bonchev–Trinajstić information content (AvgIpc) is 3.66. The van der Waals surface area contributed by atoms with E-state index in [4.69, 9.17) is 4.42 Å². The Morgan fingerprint density at radius 3 is 1.77 bits per heavy atom. The van der Waals surface area contributed by atoms with Crippen molar-refractivity contribution < 1.29 is 4.42 Å². The third kappa shape index (κ3) is 7.06. The van der Waals surface area contributed by atoms with Crippen LogP contribution in [0.25, 0.3) is 76.9 Å². The van der Waals surface area contributed by atoms with Crippen LogP contribution in [0.2, 0.25) is 0 Å². The number of anilines is 2. The summed E-state index contributed by atoms with van der Waals surface area (Å²) in [6.07, 6.45) is 0. The molecule has 0 unspecified atom stereocenters. The van der Waals surface area contributed by atoms with Crippen LogP contribution in [0.3, 0.4) is 0 Å². The lowest BCUT2D eigenvalue weighted by Crippen LogP contribution is -2.18. The molecular formula is C59H51NO. The van der Waals surface area contributed by atoms with Crippen molar-refractivity contribution in [2.75, 3.05) is 4.90 Å². The number of hydrogen-bond donors (Lipinski definition) is 0. The summed E-state index contributed by atoms with van der Waals surface area (Å²) < 4.78 is 6.65. The molecule has 0 aliphatic heterocycles. The molecule has 9 aromatic carbocycles. The van der Waals surface area contributed by atoms with Crippen molar-refractivity contribution in [1.82, 2.24) is 0 Å². The van der Waals surface area contributed by atoms with Gasteiger partial charge >= 0.3 is 0 Å². The van der Waals surface area contributed by atoms with Crippen molar-refractivity contribution in [2.24, 2.45) is 0 Å². The van der Waals surface area contributed by atoms with Gasteiger partial charge in [0.1, 0.15) is 11.2 Å². The van der Waals surface area contributed by atoms with E-state index in [1.165, 1.54) is 60.5 Å². The lowest BCUT2D eigenvalue weighted by Gasteiger charge is -2.29. The van der Waals surface area contributed by atoms with Crippen LogP contribution in [0.5, 0.6) is 0 Å². The van der Waals surface area contributed by atoms with Crippen molar-refractivity contribution in [2.45, 2.75) is 58.9 Å². The molecule has 0 N–H and O–H groups in total. The molecule has 1 heterocycles. The second kappa shape index (κ2) is 15.0. The molecule has 0 bridgehead atoms. The molecule has 0 fully saturated rings. The Kier molecular flexibility index (Phi) is 9.41. The molecule has 0 spiro atoms. The normalized spacial score (nSPS) is 12.2. The number of nitrogens with zero attached hydrogens (tertiary/aromatic N) is 1. The number of rotatable bonds is 7. The van der Waals surface area contributed by atoms with Gasteiger partial charge < -0.3 is 9.32 Å². The quantitative estimate of drug-likeness (QED) is 0.160. The highest BCUT2D eigenvalue weighted by molar-refractivity contribution is 6.11. The molecule has 0 saturated carbocycles. The van der Waals surface area contributed by atoms with E-state index in [2.05, 4.69) is 228 Å². The van der Waals surface area contributed by atoms with E-state index in [-0.39, 0.29) is 10.8 Å². The monoisotopic (exact) mass is 789 g/mol. The predicted octanol–water partition coefficient (Wildman–Crippen LogP) is 16.8. The van der Waals surface area contributed by atoms with Gasteiger partial charge in [-0.25, -0.2) is 0 Å². The zero-order valence-corrected chi connectivity index (χ0v) is 36.0. The number of fused-ring (bicyclic) bond motifs is 5. The van der Waals surface area contributed by atoms with Gasteiger partial charge in [0.05, 0.1) is 0 Å². The second-order valence-electron chi connectivity index (χ2n) is 18.6. The van der Waals surface area contributed by atoms with Gasteiger partial charge in [0.2, 0.25) is 0 Å². The number of hydrogen-bond acceptors (Lipinski definition) is 2. The molecule has 0 aliphatic rings. The first-order valence-corrected chi connectivity index (χ1v) is 21.5. The maximum absolute atomic E-state index is 6.65. The topological polar surface area (TPSA) is 16.4 Å². The molecule has 10 rings (SSSR count). The van der Waals surface area contributed by atoms with Gasteiger partial charge in [0.15, 0.2) is 0 Å². The standard InChI is InChI=1S/C59H51NO/c1-58(2,3)44-34-43(35-45(37-44)59(4,5)6)48-26-15-21-40-22-16-27-51(56(40)48)47-23-10-9-20-42(47)38-60(46-33-32-39-18-7-8-19-41(39)36-46)54-30-13-11-24-49(54)52-28-17-29-53-50-25-12-14-31-55(50)61-57(52)53/h7-37H,38H2,1-6H3. The molecule has 2 heteroatoms. The smallest absolute Gasteiger partial charge is 0.143 e. The van der Waals surface area contributed by atoms with Crippen molar-refractivity contribution >= 4 is 54.9 Å². The first kappa shape index (κ1) is 38.3. The summed E-state index contributed by atoms with van der Waals surface area (Å²) in [7, 11) is 0. The minimum atomic E-state index is 0.00840. The summed E-state index contributed by atoms with van der Waals surface area (Å²) in [6.45, 7) is 14.6. The van der Waals surface area contributed by atoms with Gasteiger partial charge in [0, 0.05) is 39.8 Å². The Morgan fingerprint density at radius 1 is 0.426 bits per heavy atom. The SMILES string of the molecule is CC(C)(C)c1cc(-c2cccc3cccc(-c4ccccc4CN(c4ccc5ccccc5c4)c4ccccc4-c4cccc5c4oc4ccccc45)c23)cc(C(C)(C)C)c1. The van der Waals surface area contributed by atoms with E-state index in [9.17, 15) is 0 Å². The van der Waals surface area contributed by atoms with Gasteiger partial charge in [-0.15, -0.1) is 0 Å². The van der Waals surface area contributed by atoms with Crippen molar-refractivity contribution in [1.29, 1.82) is 0 Å². The molecule has 298 valence electrons. The summed E-state index contributed by atoms with van der Waals surface area (Å²) in [5, 5.41) is 7.20. The van der Waals surface area contributed by atoms with Gasteiger partial charge in [-0.05, 0) is 95.6 Å². The third-order valence-electron chi connectivity index (χ3n) is 12.5. The van der Waals surface area contributed by atoms with E-state index >= 15 is 0 Å². The first-order chi connectivity index (χ1) is 29.5. The Bertz CT molecular complexity index is 3220. The summed E-state index contributed by atoms with van der Waals surface area (Å²) in [6, 6.07) is 69.0. The van der Waals surface area contributed by atoms with Crippen LogP contribution >= 0.6 is 0 Å². The highest BCUT2D eigenvalue weighted by atomic mass is 16.3. The first-order valence-electron chi connectivity index (χ1n) is 21.5. The fourth-order valence-corrected chi connectivity index (χ4v) is 9.10. The van der Waals surface area contributed by atoms with Crippen LogP contribution in [-0.2, 0) is 17.4 Å². The fraction of sp³-hybridized carbons (Fsp3) is 0.153. The van der Waals surface area contributed by atoms with Crippen LogP contribution < -0.4 is 4.90 Å². The highest BCUT2D eigenvalue weighted by Crippen LogP contribution is 2.45. The van der Waals surface area contributed by atoms with Crippen molar-refractivity contribution in [3.8, 4) is 33.4 Å². The van der Waals surface area contributed by atoms with E-state index in [1.807, 2.05) is 6.07 Å². The van der Waals surface area contributed by atoms with Crippen LogP contribution in [-0.4, -0.2) is 0 Å². The van der Waals surface area contributed by atoms with E-state index in [1.54, 1.807) is 0 Å². The zero-order valence-electron chi connectivity index (χ0n) is 36.0. The fourth-order valence-electron chi connectivity index (χ4n) is 9.10. The summed E-state index contributed by atoms with van der Waals surface area (Å²) in [5.74, 6) is 0. The maximum Gasteiger partial charge on any atom is 0.143 e. The van der Waals surface area contributed by atoms with E-state index in [0.29, 0.717) is 6.54 Å². The van der Waals surface area contributed by atoms with Gasteiger partial charge in [-0.1, -0.05) is 205 Å². The highest BCUT2D eigenvalue weighted by Gasteiger charge is 2.24. The van der Waals surface area contributed by atoms with Crippen LogP contribution in [0.1, 0.15) is 58.2 Å². The predicted molar refractivity (Wildman–Crippen MR) is 261 cm³/mol. The Hall–Kier alpha value is -6.90. The third-order valence-corrected chi connectivity index (χ3v) is 12.5. The molecule has 0 atom stereocenters. The molecule has 0 amide bonds. The van der Waals surface area contributed by atoms with Crippen molar-refractivity contribution in [3.63, 3.8) is 0 Å². The van der Waals surface area contributed by atoms with Crippen LogP contribution in [0.15, 0.2) is 192 Å². The van der Waals surface area contributed by atoms with Gasteiger partial charge in [0.25, 0.3) is 0 Å². The summed E-state index contributed by atoms with van der Waals surface area (Å²) in [4.78, 5) is 2.50. The van der Waals surface area contributed by atoms with Crippen LogP contribution in [0, 0.1) is 0 Å². The summed E-state index contributed by atoms with van der Waals surface area (Å²) in [5.41, 5.74) is 15.2. The lowest BCUT2D eigenvalue weighted by atomic mass is 9.78. The number of furan rings is 1. The molecule has 10 aromatic rings. The molecule has 2 nitrogen and oxygen atoms in total. The summed E-state index contributed by atoms with van der Waals surface area (Å²) >= 11 is 0. The minimum absolute atomic E-state index is 0.00840. The van der Waals surface area contributed by atoms with Gasteiger partial charge in [-0.2, -0.15) is 0 Å². The molecule has 0 saturated heterocycles. The minimum Gasteiger partial charge on any atom is -0.455 e. The van der Waals surface area contributed by atoms with E-state index in [0.717, 1.165) is 44.4 Å².